The maximum atomic E-state index is 10.8. The van der Waals surface area contributed by atoms with Gasteiger partial charge in [0.15, 0.2) is 5.75 Å². The van der Waals surface area contributed by atoms with Crippen LogP contribution in [0.15, 0.2) is 30.9 Å². The molecule has 7 heteroatoms. The summed E-state index contributed by atoms with van der Waals surface area (Å²) in [5.41, 5.74) is -0.733. The maximum Gasteiger partial charge on any atom is 0.317 e. The number of benzene rings is 1. The van der Waals surface area contributed by atoms with Crippen LogP contribution in [-0.4, -0.2) is 16.5 Å². The summed E-state index contributed by atoms with van der Waals surface area (Å²) in [5.74, 6) is 0.0367. The highest BCUT2D eigenvalue weighted by atomic mass is 16.6. The monoisotopic (exact) mass is 252 g/mol. The third-order valence-corrected chi connectivity index (χ3v) is 2.16. The Balaban J connectivity index is 2.86. The van der Waals surface area contributed by atoms with E-state index in [1.165, 1.54) is 12.1 Å². The van der Waals surface area contributed by atoms with Crippen LogP contribution in [0.5, 0.6) is 5.75 Å². The van der Waals surface area contributed by atoms with E-state index in [2.05, 4.69) is 6.58 Å². The van der Waals surface area contributed by atoms with Crippen LogP contribution >= 0.6 is 0 Å². The van der Waals surface area contributed by atoms with Crippen molar-refractivity contribution in [2.75, 3.05) is 6.61 Å². The SMILES string of the molecule is C=CCCCOc1ccc([N+](=O)[O-])cc1[N+](=O)[O-]. The van der Waals surface area contributed by atoms with Gasteiger partial charge in [0.2, 0.25) is 0 Å². The molecule has 0 amide bonds. The Bertz CT molecular complexity index is 473. The first kappa shape index (κ1) is 13.6. The largest absolute Gasteiger partial charge is 0.487 e. The summed E-state index contributed by atoms with van der Waals surface area (Å²) in [7, 11) is 0. The zero-order valence-electron chi connectivity index (χ0n) is 9.57. The predicted octanol–water partition coefficient (Wildman–Crippen LogP) is 2.85. The highest BCUT2D eigenvalue weighted by Gasteiger charge is 2.20. The fourth-order valence-corrected chi connectivity index (χ4v) is 1.29. The van der Waals surface area contributed by atoms with Crippen molar-refractivity contribution in [3.63, 3.8) is 0 Å². The summed E-state index contributed by atoms with van der Waals surface area (Å²) in [5, 5.41) is 21.3. The van der Waals surface area contributed by atoms with Crippen LogP contribution in [0.2, 0.25) is 0 Å². The van der Waals surface area contributed by atoms with Crippen LogP contribution in [-0.2, 0) is 0 Å². The number of allylic oxidation sites excluding steroid dienone is 1. The summed E-state index contributed by atoms with van der Waals surface area (Å²) in [6.07, 6.45) is 3.13. The molecule has 0 aromatic heterocycles. The first-order valence-corrected chi connectivity index (χ1v) is 5.22. The number of unbranched alkanes of at least 4 members (excludes halogenated alkanes) is 1. The van der Waals surface area contributed by atoms with Gasteiger partial charge in [-0.25, -0.2) is 0 Å². The fraction of sp³-hybridized carbons (Fsp3) is 0.273. The standard InChI is InChI=1S/C11H12N2O5/c1-2-3-4-7-18-11-6-5-9(12(14)15)8-10(11)13(16)17/h2,5-6,8H,1,3-4,7H2. The number of non-ortho nitro benzene ring substituents is 1. The van der Waals surface area contributed by atoms with Gasteiger partial charge in [-0.1, -0.05) is 6.08 Å². The Morgan fingerprint density at radius 2 is 2.00 bits per heavy atom. The molecule has 18 heavy (non-hydrogen) atoms. The van der Waals surface area contributed by atoms with Crippen LogP contribution in [0.25, 0.3) is 0 Å². The van der Waals surface area contributed by atoms with Crippen molar-refractivity contribution in [1.29, 1.82) is 0 Å². The van der Waals surface area contributed by atoms with Crippen molar-refractivity contribution in [3.05, 3.63) is 51.1 Å². The Morgan fingerprint density at radius 3 is 2.56 bits per heavy atom. The topological polar surface area (TPSA) is 95.5 Å². The van der Waals surface area contributed by atoms with Gasteiger partial charge in [-0.05, 0) is 18.9 Å². The van der Waals surface area contributed by atoms with E-state index >= 15 is 0 Å². The van der Waals surface area contributed by atoms with E-state index in [1.54, 1.807) is 6.08 Å². The lowest BCUT2D eigenvalue weighted by atomic mass is 10.2. The number of hydrogen-bond donors (Lipinski definition) is 0. The highest BCUT2D eigenvalue weighted by molar-refractivity contribution is 5.53. The van der Waals surface area contributed by atoms with Crippen molar-refractivity contribution in [2.24, 2.45) is 0 Å². The van der Waals surface area contributed by atoms with Gasteiger partial charge in [0, 0.05) is 6.07 Å². The molecule has 0 spiro atoms. The molecule has 0 radical (unpaired) electrons. The number of nitro groups is 2. The maximum absolute atomic E-state index is 10.8. The molecule has 0 bridgehead atoms. The lowest BCUT2D eigenvalue weighted by Crippen LogP contribution is -2.01. The molecule has 0 aliphatic heterocycles. The number of hydrogen-bond acceptors (Lipinski definition) is 5. The summed E-state index contributed by atoms with van der Waals surface area (Å²) in [6, 6.07) is 3.31. The molecule has 0 saturated carbocycles. The minimum atomic E-state index is -0.699. The van der Waals surface area contributed by atoms with E-state index in [1.807, 2.05) is 0 Å². The molecule has 0 saturated heterocycles. The molecule has 0 unspecified atom stereocenters. The van der Waals surface area contributed by atoms with Crippen molar-refractivity contribution < 1.29 is 14.6 Å². The zero-order chi connectivity index (χ0) is 13.5. The first-order chi connectivity index (χ1) is 8.56. The molecule has 1 aromatic rings. The normalized spacial score (nSPS) is 9.78. The number of nitro benzene ring substituents is 2. The highest BCUT2D eigenvalue weighted by Crippen LogP contribution is 2.30. The summed E-state index contributed by atoms with van der Waals surface area (Å²) in [4.78, 5) is 19.9. The molecule has 0 aliphatic rings. The third-order valence-electron chi connectivity index (χ3n) is 2.16. The van der Waals surface area contributed by atoms with Crippen molar-refractivity contribution in [3.8, 4) is 5.75 Å². The molecular formula is C11H12N2O5. The molecule has 0 N–H and O–H groups in total. The van der Waals surface area contributed by atoms with E-state index in [9.17, 15) is 20.2 Å². The molecular weight excluding hydrogens is 240 g/mol. The lowest BCUT2D eigenvalue weighted by molar-refractivity contribution is -0.394. The number of ether oxygens (including phenoxy) is 1. The van der Waals surface area contributed by atoms with Gasteiger partial charge in [0.05, 0.1) is 22.5 Å². The molecule has 0 atom stereocenters. The van der Waals surface area contributed by atoms with Gasteiger partial charge < -0.3 is 4.74 Å². The minimum Gasteiger partial charge on any atom is -0.487 e. The average molecular weight is 252 g/mol. The molecule has 1 aromatic carbocycles. The van der Waals surface area contributed by atoms with Crippen LogP contribution in [0.3, 0.4) is 0 Å². The van der Waals surface area contributed by atoms with Gasteiger partial charge in [-0.2, -0.15) is 0 Å². The average Bonchev–Trinajstić information content (AvgIpc) is 2.34. The first-order valence-electron chi connectivity index (χ1n) is 5.22. The molecule has 1 rings (SSSR count). The Morgan fingerprint density at radius 1 is 1.28 bits per heavy atom. The molecule has 7 nitrogen and oxygen atoms in total. The second-order valence-electron chi connectivity index (χ2n) is 3.45. The van der Waals surface area contributed by atoms with E-state index in [0.29, 0.717) is 13.0 Å². The molecule has 0 heterocycles. The van der Waals surface area contributed by atoms with Crippen molar-refractivity contribution in [2.45, 2.75) is 12.8 Å². The molecule has 0 fully saturated rings. The second-order valence-corrected chi connectivity index (χ2v) is 3.45. The smallest absolute Gasteiger partial charge is 0.317 e. The fourth-order valence-electron chi connectivity index (χ4n) is 1.29. The van der Waals surface area contributed by atoms with E-state index in [-0.39, 0.29) is 11.4 Å². The van der Waals surface area contributed by atoms with Crippen LogP contribution in [0, 0.1) is 20.2 Å². The Labute approximate surface area is 103 Å². The number of nitrogens with zero attached hydrogens (tertiary/aromatic N) is 2. The van der Waals surface area contributed by atoms with E-state index in [4.69, 9.17) is 4.74 Å². The van der Waals surface area contributed by atoms with Crippen molar-refractivity contribution in [1.82, 2.24) is 0 Å². The predicted molar refractivity (Wildman–Crippen MR) is 64.7 cm³/mol. The quantitative estimate of drug-likeness (QED) is 0.322. The Kier molecular flexibility index (Phi) is 4.79. The van der Waals surface area contributed by atoms with Gasteiger partial charge in [0.25, 0.3) is 5.69 Å². The van der Waals surface area contributed by atoms with Gasteiger partial charge in [-0.3, -0.25) is 20.2 Å². The molecule has 0 aliphatic carbocycles. The van der Waals surface area contributed by atoms with Gasteiger partial charge >= 0.3 is 5.69 Å². The van der Waals surface area contributed by atoms with Gasteiger partial charge in [0.1, 0.15) is 0 Å². The lowest BCUT2D eigenvalue weighted by Gasteiger charge is -2.05. The Hall–Kier alpha value is -2.44. The van der Waals surface area contributed by atoms with E-state index < -0.39 is 15.5 Å². The van der Waals surface area contributed by atoms with E-state index in [0.717, 1.165) is 12.5 Å². The van der Waals surface area contributed by atoms with Crippen molar-refractivity contribution >= 4 is 11.4 Å². The van der Waals surface area contributed by atoms with Crippen LogP contribution in [0.1, 0.15) is 12.8 Å². The van der Waals surface area contributed by atoms with Gasteiger partial charge in [-0.15, -0.1) is 6.58 Å². The minimum absolute atomic E-state index is 0.0367. The summed E-state index contributed by atoms with van der Waals surface area (Å²) >= 11 is 0. The molecule has 96 valence electrons. The zero-order valence-corrected chi connectivity index (χ0v) is 9.57. The van der Waals surface area contributed by atoms with Crippen LogP contribution in [0.4, 0.5) is 11.4 Å². The summed E-state index contributed by atoms with van der Waals surface area (Å²) in [6.45, 7) is 3.84. The third kappa shape index (κ3) is 3.55. The second kappa shape index (κ2) is 6.33. The summed E-state index contributed by atoms with van der Waals surface area (Å²) < 4.78 is 5.22. The van der Waals surface area contributed by atoms with Crippen LogP contribution < -0.4 is 4.74 Å². The number of rotatable bonds is 7.